The summed E-state index contributed by atoms with van der Waals surface area (Å²) in [5.74, 6) is 0.352. The molecule has 3 heterocycles. The number of nitrogens with one attached hydrogen (secondary N) is 1. The Labute approximate surface area is 176 Å². The van der Waals surface area contributed by atoms with Crippen molar-refractivity contribution in [2.45, 2.75) is 34.2 Å². The maximum Gasteiger partial charge on any atom is 0.253 e. The fraction of sp³-hybridized carbons (Fsp3) is 0.409. The lowest BCUT2D eigenvalue weighted by atomic mass is 10.2. The number of ether oxygens (including phenoxy) is 1. The number of methoxy groups -OCH3 is 1. The van der Waals surface area contributed by atoms with Crippen molar-refractivity contribution >= 4 is 17.2 Å². The molecular formula is C22H28N4O2S. The van der Waals surface area contributed by atoms with E-state index in [2.05, 4.69) is 28.7 Å². The summed E-state index contributed by atoms with van der Waals surface area (Å²) in [7, 11) is 1.68. The van der Waals surface area contributed by atoms with Crippen LogP contribution in [0.15, 0.2) is 29.8 Å². The van der Waals surface area contributed by atoms with E-state index in [0.29, 0.717) is 31.2 Å². The van der Waals surface area contributed by atoms with Gasteiger partial charge in [-0.25, -0.2) is 4.98 Å². The maximum atomic E-state index is 12.7. The van der Waals surface area contributed by atoms with Crippen LogP contribution in [0.25, 0.3) is 22.0 Å². The molecule has 0 saturated carbocycles. The van der Waals surface area contributed by atoms with Gasteiger partial charge < -0.3 is 14.6 Å². The van der Waals surface area contributed by atoms with Gasteiger partial charge in [-0.05, 0) is 38.0 Å². The predicted octanol–water partition coefficient (Wildman–Crippen LogP) is 4.32. The van der Waals surface area contributed by atoms with Crippen LogP contribution in [0.5, 0.6) is 0 Å². The van der Waals surface area contributed by atoms with Gasteiger partial charge in [0.05, 0.1) is 23.6 Å². The monoisotopic (exact) mass is 412 g/mol. The van der Waals surface area contributed by atoms with E-state index in [1.165, 1.54) is 0 Å². The van der Waals surface area contributed by atoms with Crippen LogP contribution in [0.4, 0.5) is 0 Å². The molecule has 0 aliphatic heterocycles. The lowest BCUT2D eigenvalue weighted by Gasteiger charge is -2.11. The zero-order chi connectivity index (χ0) is 21.0. The zero-order valence-corrected chi connectivity index (χ0v) is 18.5. The van der Waals surface area contributed by atoms with Gasteiger partial charge in [0.1, 0.15) is 5.01 Å². The molecule has 0 aliphatic carbocycles. The molecule has 1 N–H and O–H groups in total. The van der Waals surface area contributed by atoms with E-state index >= 15 is 0 Å². The summed E-state index contributed by atoms with van der Waals surface area (Å²) < 4.78 is 7.39. The summed E-state index contributed by atoms with van der Waals surface area (Å²) in [4.78, 5) is 21.9. The topological polar surface area (TPSA) is 69.0 Å². The highest BCUT2D eigenvalue weighted by Gasteiger charge is 2.20. The summed E-state index contributed by atoms with van der Waals surface area (Å²) in [6.45, 7) is 9.98. The van der Waals surface area contributed by atoms with Crippen LogP contribution >= 0.6 is 11.3 Å². The van der Waals surface area contributed by atoms with Crippen LogP contribution in [0.3, 0.4) is 0 Å². The first-order valence-corrected chi connectivity index (χ1v) is 10.6. The second kappa shape index (κ2) is 9.33. The highest BCUT2D eigenvalue weighted by atomic mass is 32.1. The van der Waals surface area contributed by atoms with Gasteiger partial charge in [0.2, 0.25) is 0 Å². The number of carbonyl (C=O) groups is 1. The minimum absolute atomic E-state index is 0.0493. The Bertz CT molecular complexity index is 973. The Morgan fingerprint density at radius 3 is 2.76 bits per heavy atom. The Hall–Kier alpha value is -2.51. The number of hydrogen-bond acceptors (Lipinski definition) is 5. The Morgan fingerprint density at radius 1 is 1.31 bits per heavy atom. The summed E-state index contributed by atoms with van der Waals surface area (Å²) in [6, 6.07) is 5.96. The molecule has 1 amide bonds. The zero-order valence-electron chi connectivity index (χ0n) is 17.7. The number of thiazole rings is 1. The highest BCUT2D eigenvalue weighted by molar-refractivity contribution is 7.13. The number of aryl methyl sites for hydroxylation is 1. The van der Waals surface area contributed by atoms with Gasteiger partial charge in [-0.1, -0.05) is 13.8 Å². The number of pyridine rings is 1. The summed E-state index contributed by atoms with van der Waals surface area (Å²) in [5, 5.41) is 5.96. The number of carbonyl (C=O) groups excluding carboxylic acids is 1. The fourth-order valence-corrected chi connectivity index (χ4v) is 3.87. The molecule has 154 valence electrons. The first kappa shape index (κ1) is 21.2. The Kier molecular flexibility index (Phi) is 6.82. The average molecular weight is 413 g/mol. The van der Waals surface area contributed by atoms with Crippen molar-refractivity contribution in [1.82, 2.24) is 19.9 Å². The van der Waals surface area contributed by atoms with Crippen LogP contribution in [0.1, 0.15) is 35.6 Å². The molecule has 0 saturated heterocycles. The van der Waals surface area contributed by atoms with Gasteiger partial charge in [-0.15, -0.1) is 11.3 Å². The molecule has 6 nitrogen and oxygen atoms in total. The predicted molar refractivity (Wildman–Crippen MR) is 117 cm³/mol. The quantitative estimate of drug-likeness (QED) is 0.598. The lowest BCUT2D eigenvalue weighted by Crippen LogP contribution is -2.27. The molecule has 0 fully saturated rings. The molecule has 3 rings (SSSR count). The third-order valence-electron chi connectivity index (χ3n) is 4.73. The number of amides is 1. The van der Waals surface area contributed by atoms with Gasteiger partial charge >= 0.3 is 0 Å². The molecule has 0 aliphatic rings. The molecule has 0 spiro atoms. The number of aromatic nitrogens is 3. The van der Waals surface area contributed by atoms with Gasteiger partial charge in [0, 0.05) is 48.7 Å². The van der Waals surface area contributed by atoms with Crippen molar-refractivity contribution in [3.8, 4) is 22.0 Å². The van der Waals surface area contributed by atoms with Crippen molar-refractivity contribution in [2.75, 3.05) is 20.3 Å². The van der Waals surface area contributed by atoms with E-state index in [1.54, 1.807) is 18.4 Å². The largest absolute Gasteiger partial charge is 0.383 e. The van der Waals surface area contributed by atoms with E-state index < -0.39 is 0 Å². The van der Waals surface area contributed by atoms with Crippen LogP contribution in [-0.2, 0) is 11.3 Å². The van der Waals surface area contributed by atoms with E-state index in [4.69, 9.17) is 9.72 Å². The van der Waals surface area contributed by atoms with Crippen molar-refractivity contribution in [3.05, 3.63) is 46.7 Å². The van der Waals surface area contributed by atoms with Crippen molar-refractivity contribution in [3.63, 3.8) is 0 Å². The Morgan fingerprint density at radius 2 is 2.10 bits per heavy atom. The first-order chi connectivity index (χ1) is 13.9. The van der Waals surface area contributed by atoms with Crippen molar-refractivity contribution in [1.29, 1.82) is 0 Å². The van der Waals surface area contributed by atoms with Crippen molar-refractivity contribution in [2.24, 2.45) is 5.92 Å². The maximum absolute atomic E-state index is 12.7. The second-order valence-electron chi connectivity index (χ2n) is 7.50. The molecule has 3 aromatic rings. The molecule has 0 aromatic carbocycles. The van der Waals surface area contributed by atoms with E-state index in [-0.39, 0.29) is 5.91 Å². The molecule has 0 bridgehead atoms. The standard InChI is InChI=1S/C22H28N4O2S/c1-14(2)11-24-21(27)18-10-20(26(16(18)4)8-9-28-5)19-13-29-22(25-19)17-7-6-15(3)23-12-17/h6-7,10,12-14H,8-9,11H2,1-5H3,(H,24,27). The van der Waals surface area contributed by atoms with Crippen molar-refractivity contribution < 1.29 is 9.53 Å². The molecule has 0 radical (unpaired) electrons. The third-order valence-corrected chi connectivity index (χ3v) is 5.62. The van der Waals surface area contributed by atoms with Gasteiger partial charge in [0.15, 0.2) is 0 Å². The van der Waals surface area contributed by atoms with E-state index in [9.17, 15) is 4.79 Å². The Balaban J connectivity index is 1.96. The number of nitrogens with zero attached hydrogens (tertiary/aromatic N) is 3. The SMILES string of the molecule is COCCn1c(-c2csc(-c3ccc(C)nc3)n2)cc(C(=O)NCC(C)C)c1C. The smallest absolute Gasteiger partial charge is 0.253 e. The molecule has 3 aromatic heterocycles. The molecule has 29 heavy (non-hydrogen) atoms. The van der Waals surface area contributed by atoms with Crippen LogP contribution < -0.4 is 5.32 Å². The summed E-state index contributed by atoms with van der Waals surface area (Å²) in [5.41, 5.74) is 5.36. The first-order valence-electron chi connectivity index (χ1n) is 9.77. The van der Waals surface area contributed by atoms with Crippen LogP contribution in [-0.4, -0.2) is 40.7 Å². The molecule has 7 heteroatoms. The molecule has 0 unspecified atom stereocenters. The molecule has 0 atom stereocenters. The number of rotatable bonds is 8. The van der Waals surface area contributed by atoms with Gasteiger partial charge in [-0.2, -0.15) is 0 Å². The van der Waals surface area contributed by atoms with Gasteiger partial charge in [-0.3, -0.25) is 9.78 Å². The second-order valence-corrected chi connectivity index (χ2v) is 8.36. The minimum atomic E-state index is -0.0493. The van der Waals surface area contributed by atoms with Crippen LogP contribution in [0.2, 0.25) is 0 Å². The normalized spacial score (nSPS) is 11.2. The fourth-order valence-electron chi connectivity index (χ4n) is 3.07. The highest BCUT2D eigenvalue weighted by Crippen LogP contribution is 2.31. The average Bonchev–Trinajstić information content (AvgIpc) is 3.30. The van der Waals surface area contributed by atoms with E-state index in [0.717, 1.165) is 33.3 Å². The molecular weight excluding hydrogens is 384 g/mol. The summed E-state index contributed by atoms with van der Waals surface area (Å²) in [6.07, 6.45) is 1.85. The lowest BCUT2D eigenvalue weighted by molar-refractivity contribution is 0.0948. The van der Waals surface area contributed by atoms with Crippen LogP contribution in [0, 0.1) is 19.8 Å². The minimum Gasteiger partial charge on any atom is -0.383 e. The third kappa shape index (κ3) is 4.92. The van der Waals surface area contributed by atoms with E-state index in [1.807, 2.05) is 43.6 Å². The van der Waals surface area contributed by atoms with Gasteiger partial charge in [0.25, 0.3) is 5.91 Å². The summed E-state index contributed by atoms with van der Waals surface area (Å²) >= 11 is 1.58. The number of hydrogen-bond donors (Lipinski definition) is 1.